The molecule has 2 aromatic heterocycles. The molecule has 8 nitrogen and oxygen atoms in total. The molecule has 4 rings (SSSR count). The normalized spacial score (nSPS) is 11.1. The van der Waals surface area contributed by atoms with Crippen LogP contribution in [-0.2, 0) is 17.9 Å². The van der Waals surface area contributed by atoms with Crippen molar-refractivity contribution in [1.29, 1.82) is 0 Å². The molecule has 0 spiro atoms. The molecule has 4 aromatic rings. The van der Waals surface area contributed by atoms with Gasteiger partial charge in [0, 0.05) is 36.0 Å². The monoisotopic (exact) mass is 458 g/mol. The fraction of sp³-hybridized carbons (Fsp3) is 0.227. The van der Waals surface area contributed by atoms with Crippen molar-refractivity contribution in [3.05, 3.63) is 63.4 Å². The Morgan fingerprint density at radius 1 is 1.22 bits per heavy atom. The number of ether oxygens (including phenoxy) is 2. The molecule has 1 amide bonds. The molecule has 0 aliphatic heterocycles. The van der Waals surface area contributed by atoms with Crippen molar-refractivity contribution in [3.63, 3.8) is 0 Å². The summed E-state index contributed by atoms with van der Waals surface area (Å²) in [6.07, 6.45) is 1.48. The average molecular weight is 459 g/mol. The van der Waals surface area contributed by atoms with E-state index in [1.165, 1.54) is 43.3 Å². The molecular formula is C22H20ClFN4O4. The molecule has 0 saturated heterocycles. The van der Waals surface area contributed by atoms with Gasteiger partial charge in [-0.2, -0.15) is 0 Å². The van der Waals surface area contributed by atoms with Gasteiger partial charge < -0.3 is 19.8 Å². The third-order valence-corrected chi connectivity index (χ3v) is 5.50. The first-order valence-corrected chi connectivity index (χ1v) is 10.1. The van der Waals surface area contributed by atoms with Gasteiger partial charge >= 0.3 is 0 Å². The van der Waals surface area contributed by atoms with Crippen LogP contribution >= 0.6 is 11.6 Å². The SMILES string of the molecule is COc1cc2[nH]c3c(=O)n(CCC(=O)NCc4ccc(F)cc4Cl)cnc3c2cc1OC. The number of aromatic amines is 1. The van der Waals surface area contributed by atoms with Crippen molar-refractivity contribution in [2.24, 2.45) is 0 Å². The van der Waals surface area contributed by atoms with Crippen molar-refractivity contribution in [2.45, 2.75) is 19.5 Å². The Hall–Kier alpha value is -3.59. The summed E-state index contributed by atoms with van der Waals surface area (Å²) in [6, 6.07) is 7.49. The van der Waals surface area contributed by atoms with Gasteiger partial charge in [-0.15, -0.1) is 0 Å². The van der Waals surface area contributed by atoms with Crippen molar-refractivity contribution < 1.29 is 18.7 Å². The molecule has 10 heteroatoms. The molecule has 166 valence electrons. The highest BCUT2D eigenvalue weighted by atomic mass is 35.5. The van der Waals surface area contributed by atoms with Crippen molar-refractivity contribution in [1.82, 2.24) is 19.9 Å². The second kappa shape index (κ2) is 8.88. The summed E-state index contributed by atoms with van der Waals surface area (Å²) in [6.45, 7) is 0.308. The first-order valence-electron chi connectivity index (χ1n) is 9.74. The molecule has 2 heterocycles. The lowest BCUT2D eigenvalue weighted by molar-refractivity contribution is -0.121. The maximum Gasteiger partial charge on any atom is 0.277 e. The molecule has 0 aliphatic rings. The number of H-pyrrole nitrogens is 1. The third kappa shape index (κ3) is 4.11. The maximum absolute atomic E-state index is 13.1. The van der Waals surface area contributed by atoms with E-state index in [4.69, 9.17) is 21.1 Å². The van der Waals surface area contributed by atoms with Gasteiger partial charge in [0.15, 0.2) is 11.5 Å². The predicted molar refractivity (Wildman–Crippen MR) is 119 cm³/mol. The molecule has 2 aromatic carbocycles. The number of aryl methyl sites for hydroxylation is 1. The molecule has 0 fully saturated rings. The van der Waals surface area contributed by atoms with Crippen LogP contribution in [0.2, 0.25) is 5.02 Å². The average Bonchev–Trinajstić information content (AvgIpc) is 3.15. The first kappa shape index (κ1) is 21.6. The zero-order chi connectivity index (χ0) is 22.8. The van der Waals surface area contributed by atoms with Crippen LogP contribution in [0.5, 0.6) is 11.5 Å². The van der Waals surface area contributed by atoms with Gasteiger partial charge in [-0.1, -0.05) is 17.7 Å². The topological polar surface area (TPSA) is 98.2 Å². The molecule has 0 unspecified atom stereocenters. The Labute approximate surface area is 186 Å². The molecule has 0 aliphatic carbocycles. The summed E-state index contributed by atoms with van der Waals surface area (Å²) in [5.41, 5.74) is 1.84. The van der Waals surface area contributed by atoms with Crippen LogP contribution in [0.1, 0.15) is 12.0 Å². The largest absolute Gasteiger partial charge is 0.493 e. The number of methoxy groups -OCH3 is 2. The van der Waals surface area contributed by atoms with Gasteiger partial charge in [0.2, 0.25) is 5.91 Å². The van der Waals surface area contributed by atoms with E-state index in [0.29, 0.717) is 33.6 Å². The van der Waals surface area contributed by atoms with Crippen LogP contribution in [0.3, 0.4) is 0 Å². The highest BCUT2D eigenvalue weighted by molar-refractivity contribution is 6.31. The smallest absolute Gasteiger partial charge is 0.277 e. The fourth-order valence-electron chi connectivity index (χ4n) is 3.45. The summed E-state index contributed by atoms with van der Waals surface area (Å²) in [7, 11) is 3.07. The summed E-state index contributed by atoms with van der Waals surface area (Å²) in [5.74, 6) is 0.347. The van der Waals surface area contributed by atoms with E-state index >= 15 is 0 Å². The molecule has 0 bridgehead atoms. The molecule has 0 atom stereocenters. The minimum atomic E-state index is -0.443. The number of hydrogen-bond donors (Lipinski definition) is 2. The number of nitrogens with zero attached hydrogens (tertiary/aromatic N) is 2. The minimum absolute atomic E-state index is 0.0633. The molecular weight excluding hydrogens is 439 g/mol. The highest BCUT2D eigenvalue weighted by Crippen LogP contribution is 2.34. The van der Waals surface area contributed by atoms with E-state index in [2.05, 4.69) is 15.3 Å². The van der Waals surface area contributed by atoms with Crippen LogP contribution in [0.15, 0.2) is 41.5 Å². The number of fused-ring (bicyclic) bond motifs is 3. The van der Waals surface area contributed by atoms with E-state index in [-0.39, 0.29) is 36.0 Å². The Morgan fingerprint density at radius 3 is 2.69 bits per heavy atom. The van der Waals surface area contributed by atoms with E-state index in [1.54, 1.807) is 12.1 Å². The van der Waals surface area contributed by atoms with Gasteiger partial charge in [0.05, 0.1) is 26.1 Å². The van der Waals surface area contributed by atoms with E-state index in [0.717, 1.165) is 5.39 Å². The summed E-state index contributed by atoms with van der Waals surface area (Å²) >= 11 is 5.97. The lowest BCUT2D eigenvalue weighted by atomic mass is 10.2. The van der Waals surface area contributed by atoms with Gasteiger partial charge in [-0.3, -0.25) is 14.2 Å². The fourth-order valence-corrected chi connectivity index (χ4v) is 3.68. The van der Waals surface area contributed by atoms with Crippen LogP contribution in [0, 0.1) is 5.82 Å². The highest BCUT2D eigenvalue weighted by Gasteiger charge is 2.15. The second-order valence-corrected chi connectivity index (χ2v) is 7.51. The number of nitrogens with one attached hydrogen (secondary N) is 2. The standard InChI is InChI=1S/C22H20ClFN4O4/c1-31-17-8-14-16(9-18(17)32-2)27-21-20(14)26-11-28(22(21)30)6-5-19(29)25-10-12-3-4-13(24)7-15(12)23/h3-4,7-9,11,27H,5-6,10H2,1-2H3,(H,25,29). The van der Waals surface area contributed by atoms with Crippen molar-refractivity contribution in [3.8, 4) is 11.5 Å². The third-order valence-electron chi connectivity index (χ3n) is 5.15. The summed E-state index contributed by atoms with van der Waals surface area (Å²) < 4.78 is 25.1. The van der Waals surface area contributed by atoms with Crippen LogP contribution in [0.4, 0.5) is 4.39 Å². The Kier molecular flexibility index (Phi) is 6.00. The van der Waals surface area contributed by atoms with E-state index < -0.39 is 5.82 Å². The lowest BCUT2D eigenvalue weighted by Crippen LogP contribution is -2.27. The predicted octanol–water partition coefficient (Wildman–Crippen LogP) is 3.39. The van der Waals surface area contributed by atoms with Gasteiger partial charge in [-0.25, -0.2) is 9.37 Å². The number of carbonyl (C=O) groups excluding carboxylic acids is 1. The zero-order valence-electron chi connectivity index (χ0n) is 17.4. The number of carbonyl (C=O) groups is 1. The number of halogens is 2. The number of hydrogen-bond acceptors (Lipinski definition) is 5. The zero-order valence-corrected chi connectivity index (χ0v) is 18.1. The Balaban J connectivity index is 1.50. The Morgan fingerprint density at radius 2 is 1.97 bits per heavy atom. The lowest BCUT2D eigenvalue weighted by Gasteiger charge is -2.08. The number of amides is 1. The molecule has 0 saturated carbocycles. The Bertz CT molecular complexity index is 1380. The van der Waals surface area contributed by atoms with Crippen molar-refractivity contribution >= 4 is 39.4 Å². The minimum Gasteiger partial charge on any atom is -0.493 e. The molecule has 0 radical (unpaired) electrons. The summed E-state index contributed by atoms with van der Waals surface area (Å²) in [5, 5.41) is 3.69. The summed E-state index contributed by atoms with van der Waals surface area (Å²) in [4.78, 5) is 32.6. The van der Waals surface area contributed by atoms with Crippen LogP contribution in [0.25, 0.3) is 21.9 Å². The second-order valence-electron chi connectivity index (χ2n) is 7.11. The van der Waals surface area contributed by atoms with Crippen LogP contribution in [-0.4, -0.2) is 34.7 Å². The van der Waals surface area contributed by atoms with Crippen molar-refractivity contribution in [2.75, 3.05) is 14.2 Å². The quantitative estimate of drug-likeness (QED) is 0.442. The van der Waals surface area contributed by atoms with E-state index in [1.807, 2.05) is 0 Å². The van der Waals surface area contributed by atoms with Gasteiger partial charge in [0.1, 0.15) is 16.9 Å². The number of benzene rings is 2. The van der Waals surface area contributed by atoms with Gasteiger partial charge in [0.25, 0.3) is 5.56 Å². The van der Waals surface area contributed by atoms with Crippen LogP contribution < -0.4 is 20.3 Å². The van der Waals surface area contributed by atoms with E-state index in [9.17, 15) is 14.0 Å². The first-order chi connectivity index (χ1) is 15.4. The number of aromatic nitrogens is 3. The van der Waals surface area contributed by atoms with Gasteiger partial charge in [-0.05, 0) is 23.8 Å². The number of rotatable bonds is 7. The molecule has 32 heavy (non-hydrogen) atoms. The molecule has 2 N–H and O–H groups in total. The maximum atomic E-state index is 13.1.